The van der Waals surface area contributed by atoms with E-state index < -0.39 is 11.9 Å². The molecule has 28 heavy (non-hydrogen) atoms. The van der Waals surface area contributed by atoms with Gasteiger partial charge >= 0.3 is 0 Å². The maximum atomic E-state index is 12.4. The number of phenolic OH excluding ortho intramolecular Hbond substituents is 1. The Bertz CT molecular complexity index is 631. The first-order chi connectivity index (χ1) is 13.3. The standard InChI is InChI=1S/C21H33N3O4/c1-3-4-5-6-7-8-19(26)23-18(21(22)28)15-20(27)24(2)14-13-16-9-11-17(25)12-10-16/h9-12,18,25H,3-8,13-15H2,1-2H3,(H2,22,28)(H,23,26). The predicted molar refractivity (Wildman–Crippen MR) is 109 cm³/mol. The minimum absolute atomic E-state index is 0.150. The molecule has 1 rings (SSSR count). The van der Waals surface area contributed by atoms with E-state index in [0.29, 0.717) is 19.4 Å². The van der Waals surface area contributed by atoms with Crippen molar-refractivity contribution in [2.24, 2.45) is 5.73 Å². The summed E-state index contributed by atoms with van der Waals surface area (Å²) in [4.78, 5) is 37.5. The summed E-state index contributed by atoms with van der Waals surface area (Å²) in [6, 6.07) is 5.78. The van der Waals surface area contributed by atoms with E-state index in [2.05, 4.69) is 12.2 Å². The molecule has 1 unspecified atom stereocenters. The van der Waals surface area contributed by atoms with E-state index in [-0.39, 0.29) is 24.0 Å². The minimum Gasteiger partial charge on any atom is -0.508 e. The molecule has 0 aliphatic rings. The first-order valence-electron chi connectivity index (χ1n) is 9.94. The summed E-state index contributed by atoms with van der Waals surface area (Å²) >= 11 is 0. The van der Waals surface area contributed by atoms with Gasteiger partial charge in [-0.1, -0.05) is 44.7 Å². The Hall–Kier alpha value is -2.57. The molecule has 0 bridgehead atoms. The molecule has 0 saturated heterocycles. The van der Waals surface area contributed by atoms with Crippen molar-refractivity contribution in [1.82, 2.24) is 10.2 Å². The van der Waals surface area contributed by atoms with Crippen LogP contribution in [0.2, 0.25) is 0 Å². The Kier molecular flexibility index (Phi) is 10.7. The molecule has 0 fully saturated rings. The molecule has 0 radical (unpaired) electrons. The third kappa shape index (κ3) is 9.39. The van der Waals surface area contributed by atoms with Gasteiger partial charge in [-0.15, -0.1) is 0 Å². The highest BCUT2D eigenvalue weighted by Gasteiger charge is 2.23. The molecule has 0 saturated carbocycles. The largest absolute Gasteiger partial charge is 0.508 e. The van der Waals surface area contributed by atoms with Gasteiger partial charge in [0, 0.05) is 20.0 Å². The average Bonchev–Trinajstić information content (AvgIpc) is 2.66. The summed E-state index contributed by atoms with van der Waals surface area (Å²) < 4.78 is 0. The highest BCUT2D eigenvalue weighted by atomic mass is 16.3. The van der Waals surface area contributed by atoms with Crippen molar-refractivity contribution in [1.29, 1.82) is 0 Å². The van der Waals surface area contributed by atoms with Gasteiger partial charge in [0.2, 0.25) is 17.7 Å². The fourth-order valence-electron chi connectivity index (χ4n) is 2.79. The highest BCUT2D eigenvalue weighted by molar-refractivity contribution is 5.91. The highest BCUT2D eigenvalue weighted by Crippen LogP contribution is 2.11. The van der Waals surface area contributed by atoms with E-state index in [1.54, 1.807) is 31.3 Å². The van der Waals surface area contributed by atoms with Crippen LogP contribution in [-0.2, 0) is 20.8 Å². The van der Waals surface area contributed by atoms with Crippen LogP contribution in [0.5, 0.6) is 5.75 Å². The second-order valence-corrected chi connectivity index (χ2v) is 7.12. The second kappa shape index (κ2) is 12.8. The number of amides is 3. The van der Waals surface area contributed by atoms with Crippen LogP contribution in [0.15, 0.2) is 24.3 Å². The first-order valence-corrected chi connectivity index (χ1v) is 9.94. The van der Waals surface area contributed by atoms with E-state index in [9.17, 15) is 19.5 Å². The van der Waals surface area contributed by atoms with Crippen molar-refractivity contribution in [2.75, 3.05) is 13.6 Å². The molecule has 1 aromatic rings. The molecule has 3 amide bonds. The summed E-state index contributed by atoms with van der Waals surface area (Å²) in [5.74, 6) is -1.02. The molecule has 7 heteroatoms. The van der Waals surface area contributed by atoms with Crippen LogP contribution in [0.4, 0.5) is 0 Å². The number of nitrogens with zero attached hydrogens (tertiary/aromatic N) is 1. The summed E-state index contributed by atoms with van der Waals surface area (Å²) in [6.45, 7) is 2.59. The Morgan fingerprint density at radius 2 is 1.75 bits per heavy atom. The molecule has 0 heterocycles. The number of nitrogens with two attached hydrogens (primary N) is 1. The van der Waals surface area contributed by atoms with E-state index >= 15 is 0 Å². The van der Waals surface area contributed by atoms with Crippen molar-refractivity contribution in [3.8, 4) is 5.75 Å². The predicted octanol–water partition coefficient (Wildman–Crippen LogP) is 2.11. The summed E-state index contributed by atoms with van der Waals surface area (Å²) in [5, 5.41) is 11.9. The zero-order valence-electron chi connectivity index (χ0n) is 16.9. The Balaban J connectivity index is 2.41. The van der Waals surface area contributed by atoms with Gasteiger partial charge in [-0.2, -0.15) is 0 Å². The lowest BCUT2D eigenvalue weighted by Crippen LogP contribution is -2.47. The van der Waals surface area contributed by atoms with Gasteiger partial charge in [-0.05, 0) is 30.5 Å². The average molecular weight is 392 g/mol. The lowest BCUT2D eigenvalue weighted by molar-refractivity contribution is -0.134. The summed E-state index contributed by atoms with van der Waals surface area (Å²) in [7, 11) is 1.65. The molecule has 0 aliphatic carbocycles. The van der Waals surface area contributed by atoms with Crippen molar-refractivity contribution >= 4 is 17.7 Å². The van der Waals surface area contributed by atoms with Gasteiger partial charge < -0.3 is 21.1 Å². The van der Waals surface area contributed by atoms with Crippen LogP contribution in [0.1, 0.15) is 57.4 Å². The SMILES string of the molecule is CCCCCCCC(=O)NC(CC(=O)N(C)CCc1ccc(O)cc1)C(N)=O. The normalized spacial score (nSPS) is 11.6. The Morgan fingerprint density at radius 1 is 1.11 bits per heavy atom. The Labute approximate surface area is 167 Å². The number of carbonyl (C=O) groups excluding carboxylic acids is 3. The number of hydrogen-bond donors (Lipinski definition) is 3. The van der Waals surface area contributed by atoms with Crippen molar-refractivity contribution in [3.63, 3.8) is 0 Å². The minimum atomic E-state index is -0.994. The van der Waals surface area contributed by atoms with Crippen LogP contribution in [-0.4, -0.2) is 47.4 Å². The number of primary amides is 1. The Morgan fingerprint density at radius 3 is 2.36 bits per heavy atom. The molecule has 156 valence electrons. The molecule has 1 aromatic carbocycles. The number of phenols is 1. The molecular weight excluding hydrogens is 358 g/mol. The lowest BCUT2D eigenvalue weighted by Gasteiger charge is -2.21. The molecular formula is C21H33N3O4. The fourth-order valence-corrected chi connectivity index (χ4v) is 2.79. The fraction of sp³-hybridized carbons (Fsp3) is 0.571. The molecule has 1 atom stereocenters. The first kappa shape index (κ1) is 23.5. The number of aromatic hydroxyl groups is 1. The van der Waals surface area contributed by atoms with Gasteiger partial charge in [0.1, 0.15) is 11.8 Å². The summed E-state index contributed by atoms with van der Waals surface area (Å²) in [5.41, 5.74) is 6.35. The van der Waals surface area contributed by atoms with E-state index in [0.717, 1.165) is 37.7 Å². The molecule has 0 aliphatic heterocycles. The van der Waals surface area contributed by atoms with E-state index in [4.69, 9.17) is 5.73 Å². The van der Waals surface area contributed by atoms with Gasteiger partial charge in [0.25, 0.3) is 0 Å². The third-order valence-corrected chi connectivity index (χ3v) is 4.66. The number of rotatable bonds is 13. The van der Waals surface area contributed by atoms with Crippen molar-refractivity contribution in [3.05, 3.63) is 29.8 Å². The van der Waals surface area contributed by atoms with Gasteiger partial charge in [-0.3, -0.25) is 14.4 Å². The van der Waals surface area contributed by atoms with E-state index in [1.807, 2.05) is 0 Å². The monoisotopic (exact) mass is 391 g/mol. The smallest absolute Gasteiger partial charge is 0.240 e. The quantitative estimate of drug-likeness (QED) is 0.447. The maximum Gasteiger partial charge on any atom is 0.240 e. The zero-order valence-corrected chi connectivity index (χ0v) is 16.9. The zero-order chi connectivity index (χ0) is 20.9. The maximum absolute atomic E-state index is 12.4. The number of carbonyl (C=O) groups is 3. The van der Waals surface area contributed by atoms with Gasteiger partial charge in [0.15, 0.2) is 0 Å². The number of nitrogens with one attached hydrogen (secondary N) is 1. The lowest BCUT2D eigenvalue weighted by atomic mass is 10.1. The topological polar surface area (TPSA) is 113 Å². The van der Waals surface area contributed by atoms with Crippen LogP contribution in [0, 0.1) is 0 Å². The molecule has 7 nitrogen and oxygen atoms in total. The molecule has 0 spiro atoms. The van der Waals surface area contributed by atoms with Crippen LogP contribution in [0.25, 0.3) is 0 Å². The third-order valence-electron chi connectivity index (χ3n) is 4.66. The number of likely N-dealkylation sites (N-methyl/N-ethyl adjacent to an activating group) is 1. The van der Waals surface area contributed by atoms with Crippen LogP contribution < -0.4 is 11.1 Å². The molecule has 0 aromatic heterocycles. The van der Waals surface area contributed by atoms with Gasteiger partial charge in [0.05, 0.1) is 6.42 Å². The van der Waals surface area contributed by atoms with Crippen molar-refractivity contribution in [2.45, 2.75) is 64.3 Å². The number of unbranched alkanes of at least 4 members (excludes halogenated alkanes) is 4. The van der Waals surface area contributed by atoms with Gasteiger partial charge in [-0.25, -0.2) is 0 Å². The van der Waals surface area contributed by atoms with E-state index in [1.165, 1.54) is 4.90 Å². The van der Waals surface area contributed by atoms with Crippen molar-refractivity contribution < 1.29 is 19.5 Å². The van der Waals surface area contributed by atoms with Crippen LogP contribution in [0.3, 0.4) is 0 Å². The second-order valence-electron chi connectivity index (χ2n) is 7.12. The van der Waals surface area contributed by atoms with Crippen LogP contribution >= 0.6 is 0 Å². The number of benzene rings is 1. The molecule has 4 N–H and O–H groups in total. The summed E-state index contributed by atoms with van der Waals surface area (Å²) in [6.07, 6.45) is 5.91. The number of hydrogen-bond acceptors (Lipinski definition) is 4.